The van der Waals surface area contributed by atoms with Crippen LogP contribution in [0.5, 0.6) is 0 Å². The largest absolute Gasteiger partial charge is 0.327 e. The topological polar surface area (TPSA) is 43.1 Å². The summed E-state index contributed by atoms with van der Waals surface area (Å²) in [5.74, 6) is 0.257. The molecule has 2 N–H and O–H groups in total. The number of hydrogen-bond donors (Lipinski definition) is 1. The summed E-state index contributed by atoms with van der Waals surface area (Å²) in [6.45, 7) is 8.04. The third kappa shape index (κ3) is 4.14. The van der Waals surface area contributed by atoms with Gasteiger partial charge in [0.05, 0.1) is 0 Å². The van der Waals surface area contributed by atoms with E-state index in [4.69, 9.17) is 5.73 Å². The van der Waals surface area contributed by atoms with E-state index in [9.17, 15) is 4.79 Å². The number of ketones is 1. The van der Waals surface area contributed by atoms with Crippen molar-refractivity contribution < 1.29 is 4.79 Å². The van der Waals surface area contributed by atoms with Gasteiger partial charge in [0.25, 0.3) is 0 Å². The van der Waals surface area contributed by atoms with Gasteiger partial charge >= 0.3 is 0 Å². The molecule has 0 spiro atoms. The standard InChI is InChI=1S/C9H19NO/c1-5-7(11)6-8(10)9(2,3)4/h8H,5-6,10H2,1-4H3. The van der Waals surface area contributed by atoms with E-state index in [1.165, 1.54) is 0 Å². The Morgan fingerprint density at radius 2 is 1.91 bits per heavy atom. The van der Waals surface area contributed by atoms with E-state index in [-0.39, 0.29) is 17.2 Å². The summed E-state index contributed by atoms with van der Waals surface area (Å²) in [4.78, 5) is 11.0. The van der Waals surface area contributed by atoms with Gasteiger partial charge in [0.1, 0.15) is 5.78 Å². The minimum Gasteiger partial charge on any atom is -0.327 e. The first-order valence-corrected chi connectivity index (χ1v) is 4.15. The summed E-state index contributed by atoms with van der Waals surface area (Å²) >= 11 is 0. The van der Waals surface area contributed by atoms with Crippen LogP contribution in [-0.4, -0.2) is 11.8 Å². The monoisotopic (exact) mass is 157 g/mol. The van der Waals surface area contributed by atoms with Crippen molar-refractivity contribution in [1.82, 2.24) is 0 Å². The minimum absolute atomic E-state index is 0.00468. The first-order valence-electron chi connectivity index (χ1n) is 4.15. The molecule has 0 heterocycles. The first-order chi connectivity index (χ1) is 4.88. The molecule has 0 aromatic carbocycles. The maximum Gasteiger partial charge on any atom is 0.134 e. The average Bonchev–Trinajstić information content (AvgIpc) is 1.85. The number of carbonyl (C=O) groups is 1. The normalized spacial score (nSPS) is 14.6. The molecule has 1 unspecified atom stereocenters. The summed E-state index contributed by atoms with van der Waals surface area (Å²) in [6, 6.07) is -0.00468. The molecule has 0 bridgehead atoms. The van der Waals surface area contributed by atoms with E-state index in [0.717, 1.165) is 0 Å². The molecule has 0 aliphatic carbocycles. The lowest BCUT2D eigenvalue weighted by atomic mass is 9.84. The summed E-state index contributed by atoms with van der Waals surface area (Å²) in [6.07, 6.45) is 1.11. The molecule has 0 radical (unpaired) electrons. The zero-order valence-electron chi connectivity index (χ0n) is 7.98. The van der Waals surface area contributed by atoms with Crippen LogP contribution in [0.25, 0.3) is 0 Å². The van der Waals surface area contributed by atoms with Crippen LogP contribution in [0.15, 0.2) is 0 Å². The summed E-state index contributed by atoms with van der Waals surface area (Å²) in [7, 11) is 0. The van der Waals surface area contributed by atoms with Crippen molar-refractivity contribution in [1.29, 1.82) is 0 Å². The van der Waals surface area contributed by atoms with Gasteiger partial charge in [0, 0.05) is 18.9 Å². The van der Waals surface area contributed by atoms with E-state index < -0.39 is 0 Å². The van der Waals surface area contributed by atoms with E-state index in [2.05, 4.69) is 20.8 Å². The fourth-order valence-electron chi connectivity index (χ4n) is 0.696. The number of Topliss-reactive ketones (excluding diaryl/α,β-unsaturated/α-hetero) is 1. The molecule has 0 saturated carbocycles. The second-order valence-electron chi connectivity index (χ2n) is 4.07. The van der Waals surface area contributed by atoms with Crippen molar-refractivity contribution in [3.05, 3.63) is 0 Å². The molecule has 11 heavy (non-hydrogen) atoms. The van der Waals surface area contributed by atoms with Crippen molar-refractivity contribution in [2.75, 3.05) is 0 Å². The van der Waals surface area contributed by atoms with Crippen molar-refractivity contribution in [3.63, 3.8) is 0 Å². The van der Waals surface area contributed by atoms with Gasteiger partial charge in [-0.25, -0.2) is 0 Å². The lowest BCUT2D eigenvalue weighted by molar-refractivity contribution is -0.119. The Labute approximate surface area is 69.2 Å². The number of carbonyl (C=O) groups excluding carboxylic acids is 1. The molecule has 0 aromatic heterocycles. The van der Waals surface area contributed by atoms with Gasteiger partial charge in [-0.15, -0.1) is 0 Å². The lowest BCUT2D eigenvalue weighted by Crippen LogP contribution is -2.36. The molecule has 0 aromatic rings. The van der Waals surface area contributed by atoms with Crippen LogP contribution >= 0.6 is 0 Å². The van der Waals surface area contributed by atoms with Gasteiger partial charge in [-0.1, -0.05) is 27.7 Å². The van der Waals surface area contributed by atoms with Crippen LogP contribution in [0, 0.1) is 5.41 Å². The minimum atomic E-state index is -0.00468. The average molecular weight is 157 g/mol. The number of hydrogen-bond acceptors (Lipinski definition) is 2. The van der Waals surface area contributed by atoms with Crippen LogP contribution in [-0.2, 0) is 4.79 Å². The van der Waals surface area contributed by atoms with Crippen LogP contribution in [0.3, 0.4) is 0 Å². The van der Waals surface area contributed by atoms with Crippen LogP contribution in [0.1, 0.15) is 40.5 Å². The molecule has 0 amide bonds. The van der Waals surface area contributed by atoms with Gasteiger partial charge in [0.15, 0.2) is 0 Å². The highest BCUT2D eigenvalue weighted by molar-refractivity contribution is 5.78. The Morgan fingerprint density at radius 1 is 1.45 bits per heavy atom. The van der Waals surface area contributed by atoms with Crippen molar-refractivity contribution in [2.24, 2.45) is 11.1 Å². The second kappa shape index (κ2) is 3.86. The van der Waals surface area contributed by atoms with Gasteiger partial charge < -0.3 is 5.73 Å². The smallest absolute Gasteiger partial charge is 0.134 e. The Kier molecular flexibility index (Phi) is 3.73. The summed E-state index contributed by atoms with van der Waals surface area (Å²) in [5.41, 5.74) is 5.85. The highest BCUT2D eigenvalue weighted by Crippen LogP contribution is 2.19. The van der Waals surface area contributed by atoms with Gasteiger partial charge in [-0.3, -0.25) is 4.79 Å². The molecular formula is C9H19NO. The van der Waals surface area contributed by atoms with E-state index in [0.29, 0.717) is 12.8 Å². The van der Waals surface area contributed by atoms with E-state index in [1.54, 1.807) is 0 Å². The fraction of sp³-hybridized carbons (Fsp3) is 0.889. The molecule has 0 rings (SSSR count). The zero-order chi connectivity index (χ0) is 9.07. The molecule has 0 aliphatic heterocycles. The quantitative estimate of drug-likeness (QED) is 0.678. The molecule has 0 aliphatic rings. The highest BCUT2D eigenvalue weighted by atomic mass is 16.1. The SMILES string of the molecule is CCC(=O)CC(N)C(C)(C)C. The summed E-state index contributed by atoms with van der Waals surface area (Å²) < 4.78 is 0. The van der Waals surface area contributed by atoms with E-state index >= 15 is 0 Å². The lowest BCUT2D eigenvalue weighted by Gasteiger charge is -2.26. The van der Waals surface area contributed by atoms with Crippen LogP contribution in [0.4, 0.5) is 0 Å². The molecule has 2 nitrogen and oxygen atoms in total. The van der Waals surface area contributed by atoms with Crippen molar-refractivity contribution in [3.8, 4) is 0 Å². The van der Waals surface area contributed by atoms with Crippen LogP contribution < -0.4 is 5.73 Å². The Balaban J connectivity index is 3.87. The first kappa shape index (κ1) is 10.6. The van der Waals surface area contributed by atoms with Crippen molar-refractivity contribution >= 4 is 5.78 Å². The van der Waals surface area contributed by atoms with E-state index in [1.807, 2.05) is 6.92 Å². The zero-order valence-corrected chi connectivity index (χ0v) is 7.98. The van der Waals surface area contributed by atoms with Crippen molar-refractivity contribution in [2.45, 2.75) is 46.6 Å². The second-order valence-corrected chi connectivity index (χ2v) is 4.07. The Bertz CT molecular complexity index is 135. The van der Waals surface area contributed by atoms with Gasteiger partial charge in [0.2, 0.25) is 0 Å². The fourth-order valence-corrected chi connectivity index (χ4v) is 0.696. The third-order valence-corrected chi connectivity index (χ3v) is 1.95. The summed E-state index contributed by atoms with van der Waals surface area (Å²) in [5, 5.41) is 0. The highest BCUT2D eigenvalue weighted by Gasteiger charge is 2.22. The van der Waals surface area contributed by atoms with Gasteiger partial charge in [-0.05, 0) is 5.41 Å². The molecular weight excluding hydrogens is 138 g/mol. The van der Waals surface area contributed by atoms with Crippen LogP contribution in [0.2, 0.25) is 0 Å². The molecule has 0 fully saturated rings. The molecule has 0 saturated heterocycles. The predicted molar refractivity (Wildman–Crippen MR) is 47.3 cm³/mol. The Morgan fingerprint density at radius 3 is 2.18 bits per heavy atom. The maximum atomic E-state index is 11.0. The molecule has 2 heteroatoms. The molecule has 1 atom stereocenters. The molecule has 66 valence electrons. The number of nitrogens with two attached hydrogens (primary N) is 1. The maximum absolute atomic E-state index is 11.0. The third-order valence-electron chi connectivity index (χ3n) is 1.95. The predicted octanol–water partition coefficient (Wildman–Crippen LogP) is 1.73. The van der Waals surface area contributed by atoms with Gasteiger partial charge in [-0.2, -0.15) is 0 Å². The number of rotatable bonds is 3. The Hall–Kier alpha value is -0.370.